The zero-order valence-electron chi connectivity index (χ0n) is 15.5. The molecule has 2 aromatic heterocycles. The molecule has 6 nitrogen and oxygen atoms in total. The third-order valence-corrected chi connectivity index (χ3v) is 6.92. The minimum atomic E-state index is -0.0616. The van der Waals surface area contributed by atoms with Crippen molar-refractivity contribution in [2.24, 2.45) is 17.8 Å². The van der Waals surface area contributed by atoms with Crippen LogP contribution in [-0.2, 0) is 9.53 Å². The maximum absolute atomic E-state index is 12.4. The van der Waals surface area contributed by atoms with Crippen LogP contribution < -0.4 is 5.32 Å². The molecule has 3 fully saturated rings. The van der Waals surface area contributed by atoms with E-state index < -0.39 is 0 Å². The number of fused-ring (bicyclic) bond motifs is 2. The van der Waals surface area contributed by atoms with Crippen LogP contribution in [0.25, 0.3) is 11.2 Å². The van der Waals surface area contributed by atoms with Gasteiger partial charge in [-0.05, 0) is 62.0 Å². The van der Waals surface area contributed by atoms with Gasteiger partial charge in [0.15, 0.2) is 5.65 Å². The number of nitrogens with one attached hydrogen (secondary N) is 1. The normalized spacial score (nSPS) is 29.6. The second-order valence-corrected chi connectivity index (χ2v) is 8.70. The van der Waals surface area contributed by atoms with E-state index in [1.165, 1.54) is 6.42 Å². The number of nitrogens with zero attached hydrogens (tertiary/aromatic N) is 3. The van der Waals surface area contributed by atoms with Gasteiger partial charge in [-0.1, -0.05) is 18.5 Å². The summed E-state index contributed by atoms with van der Waals surface area (Å²) in [6.07, 6.45) is 6.36. The van der Waals surface area contributed by atoms with Crippen LogP contribution in [0.3, 0.4) is 0 Å². The Kier molecular flexibility index (Phi) is 4.36. The zero-order valence-corrected chi connectivity index (χ0v) is 16.3. The van der Waals surface area contributed by atoms with Crippen LogP contribution in [0.2, 0.25) is 5.15 Å². The van der Waals surface area contributed by atoms with E-state index in [9.17, 15) is 4.79 Å². The SMILES string of the molecule is CC1C2CC(OCCC(=O)Nc3nc4ccc(Cl)nc4n3C3CCC3)CC12. The fourth-order valence-electron chi connectivity index (χ4n) is 4.79. The summed E-state index contributed by atoms with van der Waals surface area (Å²) < 4.78 is 7.96. The minimum absolute atomic E-state index is 0.0616. The Morgan fingerprint density at radius 3 is 2.78 bits per heavy atom. The molecule has 1 N–H and O–H groups in total. The monoisotopic (exact) mass is 388 g/mol. The van der Waals surface area contributed by atoms with E-state index in [1.807, 2.05) is 10.6 Å². The summed E-state index contributed by atoms with van der Waals surface area (Å²) >= 11 is 6.07. The maximum Gasteiger partial charge on any atom is 0.229 e. The molecular weight excluding hydrogens is 364 g/mol. The Morgan fingerprint density at radius 2 is 2.07 bits per heavy atom. The van der Waals surface area contributed by atoms with E-state index in [2.05, 4.69) is 22.2 Å². The van der Waals surface area contributed by atoms with Crippen LogP contribution in [0.5, 0.6) is 0 Å². The van der Waals surface area contributed by atoms with E-state index in [0.717, 1.165) is 54.6 Å². The van der Waals surface area contributed by atoms with Crippen LogP contribution in [-0.4, -0.2) is 33.2 Å². The molecule has 5 rings (SSSR count). The van der Waals surface area contributed by atoms with Crippen molar-refractivity contribution in [1.29, 1.82) is 0 Å². The van der Waals surface area contributed by atoms with Crippen molar-refractivity contribution < 1.29 is 9.53 Å². The molecular formula is C20H25ClN4O2. The molecule has 2 atom stereocenters. The Morgan fingerprint density at radius 1 is 1.30 bits per heavy atom. The van der Waals surface area contributed by atoms with E-state index in [1.54, 1.807) is 6.07 Å². The summed E-state index contributed by atoms with van der Waals surface area (Å²) in [5, 5.41) is 3.41. The van der Waals surface area contributed by atoms with Crippen molar-refractivity contribution in [3.63, 3.8) is 0 Å². The van der Waals surface area contributed by atoms with Crippen LogP contribution in [0.15, 0.2) is 12.1 Å². The first-order valence-corrected chi connectivity index (χ1v) is 10.4. The van der Waals surface area contributed by atoms with Gasteiger partial charge in [-0.15, -0.1) is 0 Å². The molecule has 2 heterocycles. The van der Waals surface area contributed by atoms with Crippen molar-refractivity contribution in [1.82, 2.24) is 14.5 Å². The van der Waals surface area contributed by atoms with Crippen molar-refractivity contribution in [2.45, 2.75) is 57.6 Å². The molecule has 0 radical (unpaired) electrons. The predicted octanol–water partition coefficient (Wildman–Crippen LogP) is 4.20. The average molecular weight is 389 g/mol. The van der Waals surface area contributed by atoms with E-state index >= 15 is 0 Å². The lowest BCUT2D eigenvalue weighted by Gasteiger charge is -2.28. The lowest BCUT2D eigenvalue weighted by Crippen LogP contribution is -2.23. The van der Waals surface area contributed by atoms with Gasteiger partial charge in [0.2, 0.25) is 11.9 Å². The maximum atomic E-state index is 12.4. The van der Waals surface area contributed by atoms with Gasteiger partial charge in [0.25, 0.3) is 0 Å². The molecule has 0 spiro atoms. The third kappa shape index (κ3) is 3.23. The molecule has 1 amide bonds. The highest BCUT2D eigenvalue weighted by molar-refractivity contribution is 6.29. The van der Waals surface area contributed by atoms with Gasteiger partial charge in [0, 0.05) is 6.04 Å². The number of carbonyl (C=O) groups is 1. The van der Waals surface area contributed by atoms with Crippen LogP contribution >= 0.6 is 11.6 Å². The molecule has 3 aliphatic carbocycles. The molecule has 2 aromatic rings. The highest BCUT2D eigenvalue weighted by Crippen LogP contribution is 2.57. The van der Waals surface area contributed by atoms with Gasteiger partial charge in [-0.25, -0.2) is 9.97 Å². The Balaban J connectivity index is 1.22. The lowest BCUT2D eigenvalue weighted by molar-refractivity contribution is -0.117. The largest absolute Gasteiger partial charge is 0.378 e. The van der Waals surface area contributed by atoms with Crippen LogP contribution in [0, 0.1) is 17.8 Å². The highest BCUT2D eigenvalue weighted by atomic mass is 35.5. The number of hydrogen-bond donors (Lipinski definition) is 1. The topological polar surface area (TPSA) is 69.0 Å². The average Bonchev–Trinajstić information content (AvgIpc) is 2.96. The number of anilines is 1. The summed E-state index contributed by atoms with van der Waals surface area (Å²) in [5.74, 6) is 3.13. The van der Waals surface area contributed by atoms with E-state index in [-0.39, 0.29) is 5.91 Å². The number of halogens is 1. The van der Waals surface area contributed by atoms with E-state index in [0.29, 0.717) is 36.3 Å². The first-order valence-electron chi connectivity index (χ1n) is 10.1. The number of imidazole rings is 1. The number of ether oxygens (including phenoxy) is 1. The smallest absolute Gasteiger partial charge is 0.229 e. The van der Waals surface area contributed by atoms with E-state index in [4.69, 9.17) is 16.3 Å². The summed E-state index contributed by atoms with van der Waals surface area (Å²) in [5.41, 5.74) is 1.51. The quantitative estimate of drug-likeness (QED) is 0.753. The predicted molar refractivity (Wildman–Crippen MR) is 104 cm³/mol. The Bertz CT molecular complexity index is 866. The number of aromatic nitrogens is 3. The first kappa shape index (κ1) is 17.4. The zero-order chi connectivity index (χ0) is 18.5. The Hall–Kier alpha value is -1.66. The lowest BCUT2D eigenvalue weighted by atomic mass is 9.93. The van der Waals surface area contributed by atoms with Gasteiger partial charge >= 0.3 is 0 Å². The molecule has 144 valence electrons. The van der Waals surface area contributed by atoms with Crippen LogP contribution in [0.1, 0.15) is 51.5 Å². The standard InChI is InChI=1S/C20H25ClN4O2/c1-11-14-9-13(10-15(11)14)27-8-7-18(26)24-20-22-16-5-6-17(21)23-19(16)25(20)12-3-2-4-12/h5-6,11-15H,2-4,7-10H2,1H3,(H,22,24,26). The van der Waals surface area contributed by atoms with Gasteiger partial charge in [0.05, 0.1) is 19.1 Å². The van der Waals surface area contributed by atoms with Gasteiger partial charge in [-0.2, -0.15) is 0 Å². The van der Waals surface area contributed by atoms with Gasteiger partial charge in [0.1, 0.15) is 10.7 Å². The molecule has 0 aliphatic heterocycles. The molecule has 0 aromatic carbocycles. The molecule has 0 bridgehead atoms. The number of rotatable bonds is 6. The molecule has 0 saturated heterocycles. The summed E-state index contributed by atoms with van der Waals surface area (Å²) in [7, 11) is 0. The number of hydrogen-bond acceptors (Lipinski definition) is 4. The van der Waals surface area contributed by atoms with Gasteiger partial charge in [-0.3, -0.25) is 14.7 Å². The molecule has 3 saturated carbocycles. The minimum Gasteiger partial charge on any atom is -0.378 e. The van der Waals surface area contributed by atoms with Crippen LogP contribution in [0.4, 0.5) is 5.95 Å². The van der Waals surface area contributed by atoms with Crippen molar-refractivity contribution in [3.8, 4) is 0 Å². The Labute approximate surface area is 163 Å². The second-order valence-electron chi connectivity index (χ2n) is 8.32. The third-order valence-electron chi connectivity index (χ3n) is 6.71. The summed E-state index contributed by atoms with van der Waals surface area (Å²) in [6, 6.07) is 3.92. The fraction of sp³-hybridized carbons (Fsp3) is 0.650. The molecule has 3 aliphatic rings. The number of amides is 1. The summed E-state index contributed by atoms with van der Waals surface area (Å²) in [4.78, 5) is 21.4. The van der Waals surface area contributed by atoms with Crippen molar-refractivity contribution in [3.05, 3.63) is 17.3 Å². The molecule has 2 unspecified atom stereocenters. The fourth-order valence-corrected chi connectivity index (χ4v) is 4.93. The highest BCUT2D eigenvalue weighted by Gasteiger charge is 2.53. The molecule has 27 heavy (non-hydrogen) atoms. The second kappa shape index (κ2) is 6.74. The number of carbonyl (C=O) groups excluding carboxylic acids is 1. The summed E-state index contributed by atoms with van der Waals surface area (Å²) in [6.45, 7) is 2.80. The molecule has 7 heteroatoms. The first-order chi connectivity index (χ1) is 13.1. The van der Waals surface area contributed by atoms with Crippen molar-refractivity contribution in [2.75, 3.05) is 11.9 Å². The van der Waals surface area contributed by atoms with Crippen molar-refractivity contribution >= 4 is 34.6 Å². The van der Waals surface area contributed by atoms with Gasteiger partial charge < -0.3 is 4.74 Å². The number of pyridine rings is 1.